The Labute approximate surface area is 144 Å². The van der Waals surface area contributed by atoms with E-state index < -0.39 is 17.4 Å². The Morgan fingerprint density at radius 1 is 1.24 bits per heavy atom. The molecule has 0 fully saturated rings. The number of fused-ring (bicyclic) bond motifs is 1. The van der Waals surface area contributed by atoms with Crippen molar-refractivity contribution in [3.8, 4) is 0 Å². The van der Waals surface area contributed by atoms with Crippen LogP contribution >= 0.6 is 0 Å². The van der Waals surface area contributed by atoms with E-state index in [0.717, 1.165) is 36.2 Å². The van der Waals surface area contributed by atoms with E-state index in [0.29, 0.717) is 17.7 Å². The maximum absolute atomic E-state index is 12.4. The Balaban J connectivity index is 1.75. The number of hydrogen-bond donors (Lipinski definition) is 2. The number of aromatic nitrogens is 4. The van der Waals surface area contributed by atoms with Crippen LogP contribution in [-0.2, 0) is 20.6 Å². The van der Waals surface area contributed by atoms with E-state index >= 15 is 0 Å². The van der Waals surface area contributed by atoms with Gasteiger partial charge in [0.1, 0.15) is 0 Å². The first-order chi connectivity index (χ1) is 12.0. The van der Waals surface area contributed by atoms with E-state index in [2.05, 4.69) is 15.3 Å². The van der Waals surface area contributed by atoms with Crippen molar-refractivity contribution in [2.24, 2.45) is 19.1 Å². The number of amidine groups is 1. The van der Waals surface area contributed by atoms with E-state index in [1.165, 1.54) is 24.4 Å². The van der Waals surface area contributed by atoms with Crippen molar-refractivity contribution in [2.45, 2.75) is 38.3 Å². The molecule has 0 radical (unpaired) electrons. The van der Waals surface area contributed by atoms with Crippen molar-refractivity contribution in [1.82, 2.24) is 24.0 Å². The van der Waals surface area contributed by atoms with Crippen LogP contribution in [0.3, 0.4) is 0 Å². The molecular weight excluding hydrogens is 324 g/mol. The third-order valence-electron chi connectivity index (χ3n) is 4.54. The molecule has 1 unspecified atom stereocenters. The van der Waals surface area contributed by atoms with Gasteiger partial charge in [0.2, 0.25) is 0 Å². The summed E-state index contributed by atoms with van der Waals surface area (Å²) >= 11 is 0. The number of aliphatic imine (C=N–C) groups is 1. The average Bonchev–Trinajstić information content (AvgIpc) is 2.83. The molecule has 0 amide bonds. The number of aliphatic hydroxyl groups excluding tert-OH is 1. The van der Waals surface area contributed by atoms with Crippen LogP contribution in [0.1, 0.15) is 25.7 Å². The first kappa shape index (κ1) is 17.4. The van der Waals surface area contributed by atoms with Crippen molar-refractivity contribution >= 4 is 17.0 Å². The number of nitrogens with one attached hydrogen (secondary N) is 1. The predicted molar refractivity (Wildman–Crippen MR) is 95.0 cm³/mol. The van der Waals surface area contributed by atoms with Crippen LogP contribution in [0.15, 0.2) is 20.9 Å². The molecule has 1 atom stereocenters. The van der Waals surface area contributed by atoms with Gasteiger partial charge in [-0.15, -0.1) is 0 Å². The Morgan fingerprint density at radius 2 is 2.04 bits per heavy atom. The van der Waals surface area contributed by atoms with Gasteiger partial charge in [0.15, 0.2) is 11.2 Å². The van der Waals surface area contributed by atoms with Crippen molar-refractivity contribution in [2.75, 3.05) is 13.1 Å². The van der Waals surface area contributed by atoms with Crippen molar-refractivity contribution < 1.29 is 5.11 Å². The minimum Gasteiger partial charge on any atom is -0.389 e. The molecule has 0 aliphatic carbocycles. The highest BCUT2D eigenvalue weighted by atomic mass is 16.3. The normalized spacial score (nSPS) is 16.5. The molecule has 0 saturated heterocycles. The van der Waals surface area contributed by atoms with E-state index in [4.69, 9.17) is 0 Å². The third kappa shape index (κ3) is 3.51. The molecule has 0 spiro atoms. The fourth-order valence-corrected chi connectivity index (χ4v) is 3.08. The van der Waals surface area contributed by atoms with Gasteiger partial charge < -0.3 is 15.0 Å². The number of rotatable bonds is 4. The van der Waals surface area contributed by atoms with Crippen LogP contribution < -0.4 is 16.6 Å². The standard InChI is InChI=1S/C16H24N6O3/c1-20-14-13(15(24)21(2)16(20)25)22(10-19-14)9-11(23)8-18-12-6-4-3-5-7-17-12/h10-11,23H,3-9H2,1-2H3,(H,17,18). The van der Waals surface area contributed by atoms with Crippen LogP contribution in [0.5, 0.6) is 0 Å². The second kappa shape index (κ2) is 7.22. The molecule has 1 aliphatic heterocycles. The molecule has 3 rings (SSSR count). The van der Waals surface area contributed by atoms with Gasteiger partial charge in [-0.2, -0.15) is 0 Å². The Hall–Kier alpha value is -2.42. The quantitative estimate of drug-likeness (QED) is 0.764. The van der Waals surface area contributed by atoms with Gasteiger partial charge in [-0.1, -0.05) is 6.42 Å². The summed E-state index contributed by atoms with van der Waals surface area (Å²) in [5.74, 6) is 0.936. The maximum Gasteiger partial charge on any atom is 0.332 e. The summed E-state index contributed by atoms with van der Waals surface area (Å²) in [4.78, 5) is 33.0. The van der Waals surface area contributed by atoms with Gasteiger partial charge in [0.25, 0.3) is 5.56 Å². The van der Waals surface area contributed by atoms with Gasteiger partial charge in [-0.25, -0.2) is 9.78 Å². The Kier molecular flexibility index (Phi) is 5.03. The molecule has 25 heavy (non-hydrogen) atoms. The minimum atomic E-state index is -0.703. The highest BCUT2D eigenvalue weighted by Crippen LogP contribution is 2.08. The SMILES string of the molecule is Cn1c(=O)c2c(ncn2CC(O)CNC2=NCCCCC2)n(C)c1=O. The maximum atomic E-state index is 12.4. The van der Waals surface area contributed by atoms with Crippen LogP contribution in [-0.4, -0.2) is 48.8 Å². The lowest BCUT2D eigenvalue weighted by atomic mass is 10.2. The predicted octanol–water partition coefficient (Wildman–Crippen LogP) is -0.643. The van der Waals surface area contributed by atoms with Crippen LogP contribution in [0.2, 0.25) is 0 Å². The van der Waals surface area contributed by atoms with Gasteiger partial charge in [-0.3, -0.25) is 18.9 Å². The molecule has 0 saturated carbocycles. The summed E-state index contributed by atoms with van der Waals surface area (Å²) in [6.07, 6.45) is 5.08. The molecule has 2 aromatic rings. The monoisotopic (exact) mass is 348 g/mol. The summed E-state index contributed by atoms with van der Waals surface area (Å²) in [7, 11) is 3.01. The highest BCUT2D eigenvalue weighted by Gasteiger charge is 2.16. The van der Waals surface area contributed by atoms with Crippen LogP contribution in [0.25, 0.3) is 11.2 Å². The largest absolute Gasteiger partial charge is 0.389 e. The lowest BCUT2D eigenvalue weighted by Gasteiger charge is -2.15. The molecular formula is C16H24N6O3. The topological polar surface area (TPSA) is 106 Å². The first-order valence-corrected chi connectivity index (χ1v) is 8.55. The summed E-state index contributed by atoms with van der Waals surface area (Å²) in [5.41, 5.74) is -0.197. The fraction of sp³-hybridized carbons (Fsp3) is 0.625. The lowest BCUT2D eigenvalue weighted by Crippen LogP contribution is -2.38. The number of aliphatic hydroxyl groups is 1. The summed E-state index contributed by atoms with van der Waals surface area (Å²) in [6, 6.07) is 0. The van der Waals surface area contributed by atoms with Crippen molar-refractivity contribution in [3.63, 3.8) is 0 Å². The molecule has 0 aromatic carbocycles. The highest BCUT2D eigenvalue weighted by molar-refractivity contribution is 5.82. The number of nitrogens with zero attached hydrogens (tertiary/aromatic N) is 5. The van der Waals surface area contributed by atoms with E-state index in [9.17, 15) is 14.7 Å². The van der Waals surface area contributed by atoms with E-state index in [-0.39, 0.29) is 6.54 Å². The third-order valence-corrected chi connectivity index (χ3v) is 4.54. The van der Waals surface area contributed by atoms with Gasteiger partial charge in [0.05, 0.1) is 24.8 Å². The molecule has 2 N–H and O–H groups in total. The summed E-state index contributed by atoms with van der Waals surface area (Å²) < 4.78 is 3.97. The number of hydrogen-bond acceptors (Lipinski definition) is 6. The zero-order valence-electron chi connectivity index (χ0n) is 14.6. The molecule has 3 heterocycles. The summed E-state index contributed by atoms with van der Waals surface area (Å²) in [6.45, 7) is 1.39. The molecule has 0 bridgehead atoms. The zero-order chi connectivity index (χ0) is 18.0. The number of aryl methyl sites for hydroxylation is 1. The molecule has 9 heteroatoms. The average molecular weight is 348 g/mol. The molecule has 1 aliphatic rings. The fourth-order valence-electron chi connectivity index (χ4n) is 3.08. The molecule has 2 aromatic heterocycles. The molecule has 136 valence electrons. The first-order valence-electron chi connectivity index (χ1n) is 8.55. The van der Waals surface area contributed by atoms with Crippen LogP contribution in [0, 0.1) is 0 Å². The molecule has 9 nitrogen and oxygen atoms in total. The zero-order valence-corrected chi connectivity index (χ0v) is 14.6. The Bertz CT molecular complexity index is 907. The van der Waals surface area contributed by atoms with E-state index in [1.54, 1.807) is 11.6 Å². The van der Waals surface area contributed by atoms with Crippen molar-refractivity contribution in [3.05, 3.63) is 27.2 Å². The van der Waals surface area contributed by atoms with Gasteiger partial charge >= 0.3 is 5.69 Å². The Morgan fingerprint density at radius 3 is 2.84 bits per heavy atom. The smallest absolute Gasteiger partial charge is 0.332 e. The minimum absolute atomic E-state index is 0.213. The van der Waals surface area contributed by atoms with Gasteiger partial charge in [0, 0.05) is 33.6 Å². The lowest BCUT2D eigenvalue weighted by molar-refractivity contribution is 0.158. The van der Waals surface area contributed by atoms with Gasteiger partial charge in [-0.05, 0) is 12.8 Å². The summed E-state index contributed by atoms with van der Waals surface area (Å²) in [5, 5.41) is 13.5. The van der Waals surface area contributed by atoms with Crippen molar-refractivity contribution in [1.29, 1.82) is 0 Å². The number of imidazole rings is 1. The van der Waals surface area contributed by atoms with Crippen LogP contribution in [0.4, 0.5) is 0 Å². The second-order valence-electron chi connectivity index (χ2n) is 6.45. The second-order valence-corrected chi connectivity index (χ2v) is 6.45. The van der Waals surface area contributed by atoms with E-state index in [1.807, 2.05) is 0 Å².